The van der Waals surface area contributed by atoms with E-state index < -0.39 is 0 Å². The van der Waals surface area contributed by atoms with Crippen molar-refractivity contribution in [3.8, 4) is 0 Å². The normalized spacial score (nSPS) is 26.4. The van der Waals surface area contributed by atoms with Gasteiger partial charge in [-0.15, -0.1) is 22.0 Å². The molecule has 0 bridgehead atoms. The highest BCUT2D eigenvalue weighted by atomic mass is 32.2. The standard InChI is InChI=1S/C14H21N3O3S2/c1-9(2)12-15-16-13(20-12)10-7-19-4-3-17(10)14(18)11-8-21-5-6-22-11/h9-11H,3-8H2,1-2H3/t10-,11-/m1/s1. The Balaban J connectivity index is 1.76. The fourth-order valence-corrected chi connectivity index (χ4v) is 5.12. The first kappa shape index (κ1) is 16.1. The monoisotopic (exact) mass is 343 g/mol. The Hall–Kier alpha value is -0.730. The molecule has 0 saturated carbocycles. The zero-order valence-electron chi connectivity index (χ0n) is 12.9. The van der Waals surface area contributed by atoms with Crippen LogP contribution < -0.4 is 0 Å². The minimum absolute atomic E-state index is 0.0341. The summed E-state index contributed by atoms with van der Waals surface area (Å²) in [4.78, 5) is 14.7. The van der Waals surface area contributed by atoms with Gasteiger partial charge >= 0.3 is 0 Å². The molecule has 1 amide bonds. The Morgan fingerprint density at radius 3 is 2.91 bits per heavy atom. The maximum absolute atomic E-state index is 12.8. The summed E-state index contributed by atoms with van der Waals surface area (Å²) in [6.45, 7) is 5.60. The predicted molar refractivity (Wildman–Crippen MR) is 87.2 cm³/mol. The van der Waals surface area contributed by atoms with Crippen molar-refractivity contribution < 1.29 is 13.9 Å². The molecular weight excluding hydrogens is 322 g/mol. The summed E-state index contributed by atoms with van der Waals surface area (Å²) >= 11 is 3.60. The van der Waals surface area contributed by atoms with Crippen LogP contribution in [0, 0.1) is 0 Å². The summed E-state index contributed by atoms with van der Waals surface area (Å²) in [7, 11) is 0. The number of carbonyl (C=O) groups excluding carboxylic acids is 1. The molecular formula is C14H21N3O3S2. The molecule has 0 radical (unpaired) electrons. The van der Waals surface area contributed by atoms with E-state index in [-0.39, 0.29) is 23.1 Å². The van der Waals surface area contributed by atoms with Crippen molar-refractivity contribution >= 4 is 29.4 Å². The van der Waals surface area contributed by atoms with E-state index in [2.05, 4.69) is 10.2 Å². The Morgan fingerprint density at radius 1 is 1.36 bits per heavy atom. The highest BCUT2D eigenvalue weighted by Crippen LogP contribution is 2.30. The number of ether oxygens (including phenoxy) is 1. The summed E-state index contributed by atoms with van der Waals surface area (Å²) in [6.07, 6.45) is 0. The largest absolute Gasteiger partial charge is 0.423 e. The molecule has 1 aromatic heterocycles. The fourth-order valence-electron chi connectivity index (χ4n) is 2.50. The molecule has 2 saturated heterocycles. The molecule has 2 aliphatic heterocycles. The minimum Gasteiger partial charge on any atom is -0.423 e. The zero-order chi connectivity index (χ0) is 15.5. The van der Waals surface area contributed by atoms with E-state index in [9.17, 15) is 4.79 Å². The van der Waals surface area contributed by atoms with E-state index in [1.54, 1.807) is 11.8 Å². The summed E-state index contributed by atoms with van der Waals surface area (Å²) in [6, 6.07) is -0.256. The average molecular weight is 343 g/mol. The number of amides is 1. The average Bonchev–Trinajstić information content (AvgIpc) is 3.05. The lowest BCUT2D eigenvalue weighted by Gasteiger charge is -2.36. The van der Waals surface area contributed by atoms with Gasteiger partial charge < -0.3 is 14.1 Å². The van der Waals surface area contributed by atoms with Crippen LogP contribution in [0.2, 0.25) is 0 Å². The SMILES string of the molecule is CC(C)c1nnc([C@H]2COCCN2C(=O)[C@H]2CSCCS2)o1. The highest BCUT2D eigenvalue weighted by molar-refractivity contribution is 8.07. The third-order valence-electron chi connectivity index (χ3n) is 3.74. The lowest BCUT2D eigenvalue weighted by Crippen LogP contribution is -2.48. The van der Waals surface area contributed by atoms with Gasteiger partial charge in [0.05, 0.1) is 18.5 Å². The third kappa shape index (κ3) is 3.44. The van der Waals surface area contributed by atoms with Crippen molar-refractivity contribution in [2.75, 3.05) is 37.0 Å². The minimum atomic E-state index is -0.256. The Kier molecular flexibility index (Phi) is 5.30. The first-order valence-electron chi connectivity index (χ1n) is 7.57. The van der Waals surface area contributed by atoms with Gasteiger partial charge in [0.25, 0.3) is 0 Å². The van der Waals surface area contributed by atoms with E-state index in [1.165, 1.54) is 0 Å². The second kappa shape index (κ2) is 7.23. The van der Waals surface area contributed by atoms with Crippen LogP contribution in [0.5, 0.6) is 0 Å². The van der Waals surface area contributed by atoms with Crippen molar-refractivity contribution in [1.29, 1.82) is 0 Å². The fraction of sp³-hybridized carbons (Fsp3) is 0.786. The number of hydrogen-bond acceptors (Lipinski definition) is 7. The number of hydrogen-bond donors (Lipinski definition) is 0. The van der Waals surface area contributed by atoms with Crippen LogP contribution in [0.1, 0.15) is 37.6 Å². The number of nitrogens with zero attached hydrogens (tertiary/aromatic N) is 3. The zero-order valence-corrected chi connectivity index (χ0v) is 14.5. The smallest absolute Gasteiger partial charge is 0.241 e. The summed E-state index contributed by atoms with van der Waals surface area (Å²) in [5.74, 6) is 4.50. The van der Waals surface area contributed by atoms with Gasteiger partial charge in [-0.05, 0) is 0 Å². The van der Waals surface area contributed by atoms with Crippen LogP contribution in [0.4, 0.5) is 0 Å². The van der Waals surface area contributed by atoms with Crippen molar-refractivity contribution in [2.24, 2.45) is 0 Å². The van der Waals surface area contributed by atoms with Gasteiger partial charge in [0.15, 0.2) is 0 Å². The molecule has 122 valence electrons. The molecule has 2 fully saturated rings. The molecule has 8 heteroatoms. The van der Waals surface area contributed by atoms with E-state index in [1.807, 2.05) is 30.5 Å². The molecule has 22 heavy (non-hydrogen) atoms. The van der Waals surface area contributed by atoms with Gasteiger partial charge in [-0.25, -0.2) is 0 Å². The maximum Gasteiger partial charge on any atom is 0.241 e. The molecule has 0 spiro atoms. The molecule has 2 atom stereocenters. The summed E-state index contributed by atoms with van der Waals surface area (Å²) < 4.78 is 11.3. The van der Waals surface area contributed by atoms with Gasteiger partial charge in [-0.2, -0.15) is 11.8 Å². The van der Waals surface area contributed by atoms with Crippen LogP contribution in [-0.4, -0.2) is 63.3 Å². The van der Waals surface area contributed by atoms with E-state index in [0.717, 1.165) is 17.3 Å². The third-order valence-corrected chi connectivity index (χ3v) is 6.48. The number of rotatable bonds is 3. The van der Waals surface area contributed by atoms with Gasteiger partial charge in [0, 0.05) is 29.7 Å². The van der Waals surface area contributed by atoms with Crippen LogP contribution in [-0.2, 0) is 9.53 Å². The predicted octanol–water partition coefficient (Wildman–Crippen LogP) is 1.94. The van der Waals surface area contributed by atoms with E-state index in [0.29, 0.717) is 31.5 Å². The topological polar surface area (TPSA) is 68.5 Å². The van der Waals surface area contributed by atoms with Gasteiger partial charge in [-0.1, -0.05) is 13.8 Å². The van der Waals surface area contributed by atoms with Crippen molar-refractivity contribution in [3.05, 3.63) is 11.8 Å². The number of aromatic nitrogens is 2. The number of thioether (sulfide) groups is 2. The Morgan fingerprint density at radius 2 is 2.23 bits per heavy atom. The lowest BCUT2D eigenvalue weighted by molar-refractivity contribution is -0.140. The summed E-state index contributed by atoms with van der Waals surface area (Å²) in [5, 5.41) is 8.25. The van der Waals surface area contributed by atoms with E-state index >= 15 is 0 Å². The molecule has 3 heterocycles. The Labute approximate surface area is 138 Å². The van der Waals surface area contributed by atoms with Gasteiger partial charge in [0.1, 0.15) is 6.04 Å². The Bertz CT molecular complexity index is 517. The molecule has 0 aromatic carbocycles. The molecule has 1 aromatic rings. The first-order chi connectivity index (χ1) is 10.7. The maximum atomic E-state index is 12.8. The highest BCUT2D eigenvalue weighted by Gasteiger charge is 2.36. The lowest BCUT2D eigenvalue weighted by atomic mass is 10.2. The number of morpholine rings is 1. The molecule has 0 aliphatic carbocycles. The van der Waals surface area contributed by atoms with Gasteiger partial charge in [0.2, 0.25) is 17.7 Å². The van der Waals surface area contributed by atoms with Crippen LogP contribution in [0.15, 0.2) is 4.42 Å². The van der Waals surface area contributed by atoms with E-state index in [4.69, 9.17) is 9.15 Å². The molecule has 2 aliphatic rings. The second-order valence-electron chi connectivity index (χ2n) is 5.69. The molecule has 0 unspecified atom stereocenters. The van der Waals surface area contributed by atoms with Crippen LogP contribution in [0.3, 0.4) is 0 Å². The molecule has 6 nitrogen and oxygen atoms in total. The van der Waals surface area contributed by atoms with Crippen LogP contribution in [0.25, 0.3) is 0 Å². The second-order valence-corrected chi connectivity index (χ2v) is 8.15. The molecule has 0 N–H and O–H groups in total. The van der Waals surface area contributed by atoms with Crippen LogP contribution >= 0.6 is 23.5 Å². The van der Waals surface area contributed by atoms with Gasteiger partial charge in [-0.3, -0.25) is 4.79 Å². The van der Waals surface area contributed by atoms with Crippen molar-refractivity contribution in [2.45, 2.75) is 31.1 Å². The number of carbonyl (C=O) groups is 1. The van der Waals surface area contributed by atoms with Crippen molar-refractivity contribution in [3.63, 3.8) is 0 Å². The van der Waals surface area contributed by atoms with Crippen molar-refractivity contribution in [1.82, 2.24) is 15.1 Å². The first-order valence-corrected chi connectivity index (χ1v) is 9.78. The molecule has 3 rings (SSSR count). The summed E-state index contributed by atoms with van der Waals surface area (Å²) in [5.41, 5.74) is 0. The quantitative estimate of drug-likeness (QED) is 0.831.